The highest BCUT2D eigenvalue weighted by molar-refractivity contribution is 5.76. The SMILES string of the molecule is COc1cccc([C@H](C)NC(=O)C[C@@H](CN)CC(C)C)c1. The average molecular weight is 292 g/mol. The molecule has 1 aromatic carbocycles. The van der Waals surface area contributed by atoms with Crippen LogP contribution < -0.4 is 15.8 Å². The highest BCUT2D eigenvalue weighted by Crippen LogP contribution is 2.20. The summed E-state index contributed by atoms with van der Waals surface area (Å²) in [6, 6.07) is 7.72. The Balaban J connectivity index is 2.56. The van der Waals surface area contributed by atoms with Crippen molar-refractivity contribution in [2.75, 3.05) is 13.7 Å². The van der Waals surface area contributed by atoms with Gasteiger partial charge in [-0.15, -0.1) is 0 Å². The maximum atomic E-state index is 12.1. The fraction of sp³-hybridized carbons (Fsp3) is 0.588. The van der Waals surface area contributed by atoms with E-state index in [4.69, 9.17) is 10.5 Å². The highest BCUT2D eigenvalue weighted by Gasteiger charge is 2.16. The zero-order chi connectivity index (χ0) is 15.8. The Morgan fingerprint density at radius 3 is 2.62 bits per heavy atom. The van der Waals surface area contributed by atoms with Crippen molar-refractivity contribution in [3.63, 3.8) is 0 Å². The molecule has 0 aliphatic rings. The van der Waals surface area contributed by atoms with Crippen molar-refractivity contribution in [1.29, 1.82) is 0 Å². The molecule has 0 aliphatic heterocycles. The van der Waals surface area contributed by atoms with Gasteiger partial charge in [0.15, 0.2) is 0 Å². The van der Waals surface area contributed by atoms with E-state index in [0.29, 0.717) is 18.9 Å². The fourth-order valence-electron chi connectivity index (χ4n) is 2.49. The summed E-state index contributed by atoms with van der Waals surface area (Å²) in [6.45, 7) is 6.84. The summed E-state index contributed by atoms with van der Waals surface area (Å²) in [6.07, 6.45) is 1.47. The van der Waals surface area contributed by atoms with Crippen LogP contribution in [0.25, 0.3) is 0 Å². The third-order valence-electron chi connectivity index (χ3n) is 3.58. The predicted molar refractivity (Wildman–Crippen MR) is 86.2 cm³/mol. The molecule has 0 spiro atoms. The van der Waals surface area contributed by atoms with Gasteiger partial charge in [0.25, 0.3) is 0 Å². The molecule has 21 heavy (non-hydrogen) atoms. The van der Waals surface area contributed by atoms with Crippen LogP contribution in [0.4, 0.5) is 0 Å². The molecule has 1 rings (SSSR count). The molecular formula is C17H28N2O2. The number of methoxy groups -OCH3 is 1. The number of benzene rings is 1. The van der Waals surface area contributed by atoms with Crippen molar-refractivity contribution in [1.82, 2.24) is 5.32 Å². The first kappa shape index (κ1) is 17.5. The van der Waals surface area contributed by atoms with E-state index in [1.807, 2.05) is 31.2 Å². The number of rotatable bonds is 8. The number of nitrogens with one attached hydrogen (secondary N) is 1. The van der Waals surface area contributed by atoms with E-state index < -0.39 is 0 Å². The van der Waals surface area contributed by atoms with Gasteiger partial charge in [-0.2, -0.15) is 0 Å². The predicted octanol–water partition coefficient (Wildman–Crippen LogP) is 2.88. The lowest BCUT2D eigenvalue weighted by molar-refractivity contribution is -0.122. The van der Waals surface area contributed by atoms with Gasteiger partial charge in [0, 0.05) is 6.42 Å². The van der Waals surface area contributed by atoms with Crippen LogP contribution >= 0.6 is 0 Å². The molecule has 118 valence electrons. The molecule has 2 atom stereocenters. The Bertz CT molecular complexity index is 446. The second-order valence-corrected chi connectivity index (χ2v) is 6.00. The third-order valence-corrected chi connectivity index (χ3v) is 3.58. The smallest absolute Gasteiger partial charge is 0.220 e. The van der Waals surface area contributed by atoms with Gasteiger partial charge >= 0.3 is 0 Å². The van der Waals surface area contributed by atoms with Crippen molar-refractivity contribution in [3.05, 3.63) is 29.8 Å². The second-order valence-electron chi connectivity index (χ2n) is 6.00. The van der Waals surface area contributed by atoms with Crippen LogP contribution in [0.5, 0.6) is 5.75 Å². The van der Waals surface area contributed by atoms with Crippen molar-refractivity contribution in [2.45, 2.75) is 39.7 Å². The molecule has 0 saturated carbocycles. The second kappa shape index (κ2) is 8.67. The first-order chi connectivity index (χ1) is 9.96. The number of carbonyl (C=O) groups is 1. The Hall–Kier alpha value is -1.55. The van der Waals surface area contributed by atoms with Crippen molar-refractivity contribution >= 4 is 5.91 Å². The Morgan fingerprint density at radius 2 is 2.05 bits per heavy atom. The van der Waals surface area contributed by atoms with E-state index in [1.165, 1.54) is 0 Å². The molecule has 0 unspecified atom stereocenters. The van der Waals surface area contributed by atoms with Gasteiger partial charge in [0.2, 0.25) is 5.91 Å². The molecule has 1 amide bonds. The summed E-state index contributed by atoms with van der Waals surface area (Å²) < 4.78 is 5.21. The normalized spacial score (nSPS) is 13.8. The number of hydrogen-bond acceptors (Lipinski definition) is 3. The van der Waals surface area contributed by atoms with E-state index in [1.54, 1.807) is 7.11 Å². The van der Waals surface area contributed by atoms with Gasteiger partial charge in [-0.1, -0.05) is 26.0 Å². The molecule has 4 heteroatoms. The molecule has 3 N–H and O–H groups in total. The zero-order valence-corrected chi connectivity index (χ0v) is 13.6. The maximum absolute atomic E-state index is 12.1. The van der Waals surface area contributed by atoms with E-state index in [0.717, 1.165) is 17.7 Å². The Labute approximate surface area is 128 Å². The van der Waals surface area contributed by atoms with Crippen LogP contribution in [0.3, 0.4) is 0 Å². The van der Waals surface area contributed by atoms with E-state index in [2.05, 4.69) is 19.2 Å². The molecule has 0 heterocycles. The largest absolute Gasteiger partial charge is 0.497 e. The van der Waals surface area contributed by atoms with Crippen molar-refractivity contribution in [2.24, 2.45) is 17.6 Å². The highest BCUT2D eigenvalue weighted by atomic mass is 16.5. The molecule has 0 bridgehead atoms. The van der Waals surface area contributed by atoms with Crippen LogP contribution in [-0.4, -0.2) is 19.6 Å². The summed E-state index contributed by atoms with van der Waals surface area (Å²) >= 11 is 0. The average Bonchev–Trinajstić information content (AvgIpc) is 2.45. The number of ether oxygens (including phenoxy) is 1. The Morgan fingerprint density at radius 1 is 1.33 bits per heavy atom. The number of carbonyl (C=O) groups excluding carboxylic acids is 1. The fourth-order valence-corrected chi connectivity index (χ4v) is 2.49. The summed E-state index contributed by atoms with van der Waals surface area (Å²) in [5.74, 6) is 1.67. The van der Waals surface area contributed by atoms with Gasteiger partial charge in [-0.05, 0) is 49.4 Å². The van der Waals surface area contributed by atoms with E-state index in [9.17, 15) is 4.79 Å². The number of nitrogens with two attached hydrogens (primary N) is 1. The van der Waals surface area contributed by atoms with E-state index >= 15 is 0 Å². The lowest BCUT2D eigenvalue weighted by Gasteiger charge is -2.19. The van der Waals surface area contributed by atoms with Crippen molar-refractivity contribution < 1.29 is 9.53 Å². The minimum absolute atomic E-state index is 0.0370. The van der Waals surface area contributed by atoms with Crippen LogP contribution in [0, 0.1) is 11.8 Å². The zero-order valence-electron chi connectivity index (χ0n) is 13.6. The topological polar surface area (TPSA) is 64.3 Å². The minimum atomic E-state index is -0.0370. The minimum Gasteiger partial charge on any atom is -0.497 e. The summed E-state index contributed by atoms with van der Waals surface area (Å²) in [5, 5.41) is 3.04. The molecule has 0 fully saturated rings. The summed E-state index contributed by atoms with van der Waals surface area (Å²) in [5.41, 5.74) is 6.79. The third kappa shape index (κ3) is 6.17. The van der Waals surface area contributed by atoms with Gasteiger partial charge < -0.3 is 15.8 Å². The Kier molecular flexibility index (Phi) is 7.23. The molecule has 0 radical (unpaired) electrons. The summed E-state index contributed by atoms with van der Waals surface area (Å²) in [7, 11) is 1.64. The quantitative estimate of drug-likeness (QED) is 0.774. The molecular weight excluding hydrogens is 264 g/mol. The van der Waals surface area contributed by atoms with Gasteiger partial charge in [-0.3, -0.25) is 4.79 Å². The number of amides is 1. The number of hydrogen-bond donors (Lipinski definition) is 2. The molecule has 4 nitrogen and oxygen atoms in total. The molecule has 0 aromatic heterocycles. The lowest BCUT2D eigenvalue weighted by Crippen LogP contribution is -2.30. The van der Waals surface area contributed by atoms with Crippen LogP contribution in [-0.2, 0) is 4.79 Å². The van der Waals surface area contributed by atoms with Gasteiger partial charge in [-0.25, -0.2) is 0 Å². The molecule has 0 saturated heterocycles. The van der Waals surface area contributed by atoms with Crippen molar-refractivity contribution in [3.8, 4) is 5.75 Å². The summed E-state index contributed by atoms with van der Waals surface area (Å²) in [4.78, 5) is 12.1. The van der Waals surface area contributed by atoms with E-state index in [-0.39, 0.29) is 17.9 Å². The van der Waals surface area contributed by atoms with Crippen LogP contribution in [0.2, 0.25) is 0 Å². The lowest BCUT2D eigenvalue weighted by atomic mass is 9.94. The van der Waals surface area contributed by atoms with Crippen LogP contribution in [0.1, 0.15) is 45.2 Å². The maximum Gasteiger partial charge on any atom is 0.220 e. The first-order valence-electron chi connectivity index (χ1n) is 7.59. The molecule has 0 aliphatic carbocycles. The van der Waals surface area contributed by atoms with Crippen LogP contribution in [0.15, 0.2) is 24.3 Å². The standard InChI is InChI=1S/C17H28N2O2/c1-12(2)8-14(11-18)9-17(20)19-13(3)15-6-5-7-16(10-15)21-4/h5-7,10,12-14H,8-9,11,18H2,1-4H3,(H,19,20)/t13-,14-/m0/s1. The van der Waals surface area contributed by atoms with Gasteiger partial charge in [0.1, 0.15) is 5.75 Å². The molecule has 1 aromatic rings. The first-order valence-corrected chi connectivity index (χ1v) is 7.59. The monoisotopic (exact) mass is 292 g/mol. The van der Waals surface area contributed by atoms with Gasteiger partial charge in [0.05, 0.1) is 13.2 Å².